The summed E-state index contributed by atoms with van der Waals surface area (Å²) in [6.07, 6.45) is 0.179. The molecule has 0 fully saturated rings. The van der Waals surface area contributed by atoms with Crippen LogP contribution in [0, 0.1) is 0 Å². The zero-order valence-corrected chi connectivity index (χ0v) is 29.7. The van der Waals surface area contributed by atoms with Crippen molar-refractivity contribution in [1.82, 2.24) is 20.0 Å². The van der Waals surface area contributed by atoms with E-state index < -0.39 is 45.6 Å². The summed E-state index contributed by atoms with van der Waals surface area (Å²) >= 11 is 2.96. The minimum absolute atomic E-state index is 0.0487. The van der Waals surface area contributed by atoms with Gasteiger partial charge in [0, 0.05) is 31.9 Å². The summed E-state index contributed by atoms with van der Waals surface area (Å²) in [4.78, 5) is 52.6. The molecule has 0 unspecified atom stereocenters. The third kappa shape index (κ3) is 8.40. The molecule has 2 heterocycles. The van der Waals surface area contributed by atoms with Crippen LogP contribution in [0.15, 0.2) is 108 Å². The highest BCUT2D eigenvalue weighted by Crippen LogP contribution is 2.25. The smallest absolute Gasteiger partial charge is 0.249 e. The van der Waals surface area contributed by atoms with E-state index in [-0.39, 0.29) is 12.8 Å². The lowest BCUT2D eigenvalue weighted by atomic mass is 10.0. The Morgan fingerprint density at radius 1 is 0.680 bits per heavy atom. The van der Waals surface area contributed by atoms with Crippen molar-refractivity contribution in [2.24, 2.45) is 0 Å². The van der Waals surface area contributed by atoms with Crippen molar-refractivity contribution in [3.05, 3.63) is 119 Å². The van der Waals surface area contributed by atoms with Crippen molar-refractivity contribution in [2.75, 3.05) is 29.6 Å². The lowest BCUT2D eigenvalue weighted by Gasteiger charge is -2.26. The fourth-order valence-electron chi connectivity index (χ4n) is 5.58. The van der Waals surface area contributed by atoms with Gasteiger partial charge in [-0.3, -0.25) is 14.4 Å². The van der Waals surface area contributed by atoms with Crippen LogP contribution in [0.2, 0.25) is 0 Å². The van der Waals surface area contributed by atoms with E-state index in [0.717, 1.165) is 31.6 Å². The Morgan fingerprint density at radius 3 is 1.64 bits per heavy atom. The third-order valence-electron chi connectivity index (χ3n) is 8.20. The van der Waals surface area contributed by atoms with Gasteiger partial charge in [0.05, 0.1) is 31.5 Å². The fourth-order valence-corrected chi connectivity index (χ4v) is 8.02. The molecule has 0 radical (unpaired) electrons. The largest absolute Gasteiger partial charge is 0.343 e. The molecule has 4 aromatic carbocycles. The van der Waals surface area contributed by atoms with E-state index in [1.165, 1.54) is 32.5 Å². The first kappa shape index (κ1) is 34.8. The molecule has 256 valence electrons. The van der Waals surface area contributed by atoms with Crippen LogP contribution in [0.1, 0.15) is 11.1 Å². The standard InChI is InChI=1S/C36H34N6O5S3/c1-41(26-13-15-32-28(19-26)37-22-48-32)35(44)30(17-24-9-5-3-6-10-24)39-34(43)21-50(46,47)40-31(18-25-11-7-4-8-12-25)36(45)42(2)27-14-16-33-29(20-27)38-23-49-33/h3-16,19-20,22-23,30-31,40H,17-18,21H2,1-2H3,(H,39,43)/t30-,31-/m0/s1. The number of fused-ring (bicyclic) bond motifs is 2. The SMILES string of the molecule is CN(C(=O)[C@H](Cc1ccccc1)NC(=O)CS(=O)(=O)N[C@@H](Cc1ccccc1)C(=O)N(C)c1ccc2scnc2c1)c1ccc2scnc2c1. The molecule has 0 spiro atoms. The Morgan fingerprint density at radius 2 is 1.14 bits per heavy atom. The Balaban J connectivity index is 1.20. The highest BCUT2D eigenvalue weighted by molar-refractivity contribution is 7.90. The molecule has 3 amide bonds. The first-order chi connectivity index (χ1) is 24.1. The van der Waals surface area contributed by atoms with Gasteiger partial charge in [-0.1, -0.05) is 60.7 Å². The topological polar surface area (TPSA) is 142 Å². The van der Waals surface area contributed by atoms with Crippen LogP contribution in [0.3, 0.4) is 0 Å². The normalized spacial score (nSPS) is 12.8. The quantitative estimate of drug-likeness (QED) is 0.174. The minimum Gasteiger partial charge on any atom is -0.343 e. The molecular weight excluding hydrogens is 693 g/mol. The molecule has 0 saturated heterocycles. The predicted molar refractivity (Wildman–Crippen MR) is 199 cm³/mol. The van der Waals surface area contributed by atoms with Crippen LogP contribution < -0.4 is 19.8 Å². The van der Waals surface area contributed by atoms with Crippen LogP contribution >= 0.6 is 22.7 Å². The molecule has 50 heavy (non-hydrogen) atoms. The number of carbonyl (C=O) groups is 3. The van der Waals surface area contributed by atoms with E-state index in [0.29, 0.717) is 11.4 Å². The van der Waals surface area contributed by atoms with Crippen molar-refractivity contribution in [3.63, 3.8) is 0 Å². The minimum atomic E-state index is -4.37. The van der Waals surface area contributed by atoms with Gasteiger partial charge < -0.3 is 15.1 Å². The zero-order chi connectivity index (χ0) is 35.3. The number of rotatable bonds is 13. The number of likely N-dealkylation sites (N-methyl/N-ethyl adjacent to an activating group) is 2. The second kappa shape index (κ2) is 15.3. The zero-order valence-electron chi connectivity index (χ0n) is 27.2. The molecule has 0 bridgehead atoms. The summed E-state index contributed by atoms with van der Waals surface area (Å²) in [7, 11) is -1.21. The summed E-state index contributed by atoms with van der Waals surface area (Å²) in [5.41, 5.74) is 7.53. The van der Waals surface area contributed by atoms with Crippen LogP contribution in [0.25, 0.3) is 20.4 Å². The van der Waals surface area contributed by atoms with Crippen molar-refractivity contribution in [3.8, 4) is 0 Å². The van der Waals surface area contributed by atoms with E-state index in [4.69, 9.17) is 0 Å². The molecule has 0 aliphatic heterocycles. The van der Waals surface area contributed by atoms with Crippen molar-refractivity contribution in [2.45, 2.75) is 24.9 Å². The summed E-state index contributed by atoms with van der Waals surface area (Å²) in [6.45, 7) is 0. The van der Waals surface area contributed by atoms with Crippen molar-refractivity contribution < 1.29 is 22.8 Å². The van der Waals surface area contributed by atoms with Gasteiger partial charge in [0.2, 0.25) is 27.7 Å². The molecule has 14 heteroatoms. The molecule has 2 aromatic heterocycles. The Bertz CT molecular complexity index is 2240. The summed E-state index contributed by atoms with van der Waals surface area (Å²) < 4.78 is 31.5. The van der Waals surface area contributed by atoms with E-state index in [1.807, 2.05) is 48.5 Å². The van der Waals surface area contributed by atoms with Crippen LogP contribution in [-0.4, -0.2) is 68.0 Å². The maximum absolute atomic E-state index is 13.9. The average molecular weight is 727 g/mol. The number of carbonyl (C=O) groups excluding carboxylic acids is 3. The number of thiazole rings is 2. The number of sulfonamides is 1. The summed E-state index contributed by atoms with van der Waals surface area (Å²) in [5.74, 6) is -2.82. The monoisotopic (exact) mass is 726 g/mol. The second-order valence-corrected chi connectivity index (χ2v) is 15.3. The lowest BCUT2D eigenvalue weighted by molar-refractivity contribution is -0.126. The fraction of sp³-hybridized carbons (Fsp3) is 0.194. The number of aromatic nitrogens is 2. The van der Waals surface area contributed by atoms with Gasteiger partial charge in [-0.2, -0.15) is 0 Å². The van der Waals surface area contributed by atoms with Gasteiger partial charge in [0.15, 0.2) is 0 Å². The van der Waals surface area contributed by atoms with Crippen LogP contribution in [0.5, 0.6) is 0 Å². The van der Waals surface area contributed by atoms with Gasteiger partial charge in [-0.15, -0.1) is 22.7 Å². The first-order valence-electron chi connectivity index (χ1n) is 15.6. The first-order valence-corrected chi connectivity index (χ1v) is 19.1. The molecule has 0 aliphatic carbocycles. The Hall–Kier alpha value is -5.02. The number of nitrogens with zero attached hydrogens (tertiary/aromatic N) is 4. The average Bonchev–Trinajstić information content (AvgIpc) is 3.79. The maximum Gasteiger partial charge on any atom is 0.249 e. The maximum atomic E-state index is 13.9. The number of hydrogen-bond acceptors (Lipinski definition) is 9. The highest BCUT2D eigenvalue weighted by atomic mass is 32.2. The molecule has 2 N–H and O–H groups in total. The van der Waals surface area contributed by atoms with Gasteiger partial charge in [-0.25, -0.2) is 23.1 Å². The number of benzene rings is 4. The van der Waals surface area contributed by atoms with Crippen LogP contribution in [0.4, 0.5) is 11.4 Å². The van der Waals surface area contributed by atoms with Crippen LogP contribution in [-0.2, 0) is 37.2 Å². The molecular formula is C36H34N6O5S3. The number of nitrogens with one attached hydrogen (secondary N) is 2. The lowest BCUT2D eigenvalue weighted by Crippen LogP contribution is -2.53. The van der Waals surface area contributed by atoms with E-state index >= 15 is 0 Å². The molecule has 11 nitrogen and oxygen atoms in total. The predicted octanol–water partition coefficient (Wildman–Crippen LogP) is 4.79. The second-order valence-electron chi connectivity index (χ2n) is 11.7. The van der Waals surface area contributed by atoms with Gasteiger partial charge >= 0.3 is 0 Å². The third-order valence-corrected chi connectivity index (χ3v) is 11.1. The van der Waals surface area contributed by atoms with E-state index in [9.17, 15) is 22.8 Å². The summed E-state index contributed by atoms with van der Waals surface area (Å²) in [6, 6.07) is 26.7. The van der Waals surface area contributed by atoms with E-state index in [2.05, 4.69) is 20.0 Å². The Kier molecular flexibility index (Phi) is 10.6. The van der Waals surface area contributed by atoms with Crippen molar-refractivity contribution >= 4 is 82.2 Å². The number of anilines is 2. The molecule has 6 aromatic rings. The highest BCUT2D eigenvalue weighted by Gasteiger charge is 2.32. The molecule has 0 aliphatic rings. The van der Waals surface area contributed by atoms with Gasteiger partial charge in [0.1, 0.15) is 17.8 Å². The molecule has 2 atom stereocenters. The number of amides is 3. The molecule has 6 rings (SSSR count). The van der Waals surface area contributed by atoms with E-state index in [1.54, 1.807) is 73.6 Å². The summed E-state index contributed by atoms with van der Waals surface area (Å²) in [5, 5.41) is 2.66. The molecule has 0 saturated carbocycles. The van der Waals surface area contributed by atoms with Crippen molar-refractivity contribution in [1.29, 1.82) is 0 Å². The number of hydrogen-bond donors (Lipinski definition) is 2. The van der Waals surface area contributed by atoms with Gasteiger partial charge in [0.25, 0.3) is 0 Å². The Labute approximate surface area is 297 Å². The van der Waals surface area contributed by atoms with Gasteiger partial charge in [-0.05, 0) is 53.9 Å².